The number of rotatable bonds is 8. The maximum Gasteiger partial charge on any atom is 0.311 e. The van der Waals surface area contributed by atoms with Crippen molar-refractivity contribution in [3.63, 3.8) is 0 Å². The molecule has 1 saturated carbocycles. The molecular formula is C14H22N4O2. The first-order chi connectivity index (χ1) is 9.63. The lowest BCUT2D eigenvalue weighted by atomic mass is 10.1. The van der Waals surface area contributed by atoms with Crippen LogP contribution in [0.25, 0.3) is 0 Å². The zero-order valence-corrected chi connectivity index (χ0v) is 12.1. The number of hydrogen-bond acceptors (Lipinski definition) is 5. The van der Waals surface area contributed by atoms with E-state index < -0.39 is 0 Å². The SMILES string of the molecule is CCNc1ccc([N+](=O)[O-])c(NC(CC)CC2CC2)n1. The van der Waals surface area contributed by atoms with E-state index in [4.69, 9.17) is 0 Å². The molecule has 0 aromatic carbocycles. The number of pyridine rings is 1. The van der Waals surface area contributed by atoms with Crippen LogP contribution in [0.15, 0.2) is 12.1 Å². The first-order valence-corrected chi connectivity index (χ1v) is 7.29. The summed E-state index contributed by atoms with van der Waals surface area (Å²) in [4.78, 5) is 15.1. The highest BCUT2D eigenvalue weighted by Crippen LogP contribution is 2.35. The Kier molecular flexibility index (Phi) is 4.76. The third kappa shape index (κ3) is 3.82. The Balaban J connectivity index is 2.16. The van der Waals surface area contributed by atoms with Gasteiger partial charge >= 0.3 is 5.69 Å². The van der Waals surface area contributed by atoms with Crippen LogP contribution in [0.1, 0.15) is 39.5 Å². The van der Waals surface area contributed by atoms with E-state index in [1.807, 2.05) is 6.92 Å². The fraction of sp³-hybridized carbons (Fsp3) is 0.643. The molecule has 6 nitrogen and oxygen atoms in total. The summed E-state index contributed by atoms with van der Waals surface area (Å²) in [6.45, 7) is 4.81. The molecule has 110 valence electrons. The van der Waals surface area contributed by atoms with E-state index in [-0.39, 0.29) is 16.7 Å². The number of aromatic nitrogens is 1. The Morgan fingerprint density at radius 2 is 2.20 bits per heavy atom. The molecule has 1 unspecified atom stereocenters. The monoisotopic (exact) mass is 278 g/mol. The lowest BCUT2D eigenvalue weighted by Gasteiger charge is -2.17. The second-order valence-corrected chi connectivity index (χ2v) is 5.28. The Morgan fingerprint density at radius 3 is 2.75 bits per heavy atom. The highest BCUT2D eigenvalue weighted by Gasteiger charge is 2.26. The molecule has 1 aliphatic carbocycles. The maximum absolute atomic E-state index is 11.1. The smallest absolute Gasteiger partial charge is 0.311 e. The largest absolute Gasteiger partial charge is 0.370 e. The second-order valence-electron chi connectivity index (χ2n) is 5.28. The third-order valence-electron chi connectivity index (χ3n) is 3.58. The van der Waals surface area contributed by atoms with Gasteiger partial charge in [0.15, 0.2) is 0 Å². The van der Waals surface area contributed by atoms with Crippen molar-refractivity contribution >= 4 is 17.3 Å². The summed E-state index contributed by atoms with van der Waals surface area (Å²) in [6, 6.07) is 3.41. The molecule has 0 amide bonds. The number of nitrogens with one attached hydrogen (secondary N) is 2. The van der Waals surface area contributed by atoms with E-state index >= 15 is 0 Å². The van der Waals surface area contributed by atoms with E-state index in [1.54, 1.807) is 6.07 Å². The summed E-state index contributed by atoms with van der Waals surface area (Å²) < 4.78 is 0. The van der Waals surface area contributed by atoms with E-state index in [9.17, 15) is 10.1 Å². The highest BCUT2D eigenvalue weighted by atomic mass is 16.6. The fourth-order valence-electron chi connectivity index (χ4n) is 2.26. The molecule has 6 heteroatoms. The number of nitrogens with zero attached hydrogens (tertiary/aromatic N) is 2. The average molecular weight is 278 g/mol. The van der Waals surface area contributed by atoms with Gasteiger partial charge < -0.3 is 10.6 Å². The van der Waals surface area contributed by atoms with Crippen molar-refractivity contribution in [3.8, 4) is 0 Å². The summed E-state index contributed by atoms with van der Waals surface area (Å²) in [5, 5.41) is 17.4. The average Bonchev–Trinajstić information content (AvgIpc) is 3.22. The van der Waals surface area contributed by atoms with Crippen molar-refractivity contribution in [3.05, 3.63) is 22.2 Å². The topological polar surface area (TPSA) is 80.1 Å². The number of anilines is 2. The molecular weight excluding hydrogens is 256 g/mol. The van der Waals surface area contributed by atoms with Gasteiger partial charge in [0, 0.05) is 18.7 Å². The molecule has 0 spiro atoms. The van der Waals surface area contributed by atoms with Crippen LogP contribution < -0.4 is 10.6 Å². The van der Waals surface area contributed by atoms with Gasteiger partial charge in [-0.25, -0.2) is 4.98 Å². The fourth-order valence-corrected chi connectivity index (χ4v) is 2.26. The van der Waals surface area contributed by atoms with Crippen LogP contribution in [0.3, 0.4) is 0 Å². The van der Waals surface area contributed by atoms with E-state index in [2.05, 4.69) is 22.5 Å². The van der Waals surface area contributed by atoms with Gasteiger partial charge in [-0.2, -0.15) is 0 Å². The van der Waals surface area contributed by atoms with Crippen LogP contribution in [0.4, 0.5) is 17.3 Å². The normalized spacial score (nSPS) is 15.7. The van der Waals surface area contributed by atoms with Gasteiger partial charge in [0.2, 0.25) is 5.82 Å². The van der Waals surface area contributed by atoms with Crippen molar-refractivity contribution in [1.82, 2.24) is 4.98 Å². The van der Waals surface area contributed by atoms with Crippen LogP contribution in [0, 0.1) is 16.0 Å². The lowest BCUT2D eigenvalue weighted by molar-refractivity contribution is -0.384. The number of hydrogen-bond donors (Lipinski definition) is 2. The van der Waals surface area contributed by atoms with Crippen LogP contribution in [0.2, 0.25) is 0 Å². The maximum atomic E-state index is 11.1. The molecule has 2 rings (SSSR count). The molecule has 20 heavy (non-hydrogen) atoms. The van der Waals surface area contributed by atoms with E-state index in [0.29, 0.717) is 11.6 Å². The third-order valence-corrected chi connectivity index (χ3v) is 3.58. The van der Waals surface area contributed by atoms with Crippen LogP contribution in [0.5, 0.6) is 0 Å². The standard InChI is InChI=1S/C14H22N4O2/c1-3-11(9-10-5-6-10)16-14-12(18(19)20)7-8-13(17-14)15-4-2/h7-8,10-11H,3-6,9H2,1-2H3,(H2,15,16,17). The predicted octanol–water partition coefficient (Wildman–Crippen LogP) is 3.41. The molecule has 1 aromatic rings. The van der Waals surface area contributed by atoms with Gasteiger partial charge in [0.05, 0.1) is 4.92 Å². The van der Waals surface area contributed by atoms with Gasteiger partial charge in [0.1, 0.15) is 5.82 Å². The van der Waals surface area contributed by atoms with Gasteiger partial charge in [-0.05, 0) is 31.7 Å². The van der Waals surface area contributed by atoms with Gasteiger partial charge in [-0.3, -0.25) is 10.1 Å². The zero-order valence-electron chi connectivity index (χ0n) is 12.1. The molecule has 2 N–H and O–H groups in total. The van der Waals surface area contributed by atoms with Crippen molar-refractivity contribution in [2.75, 3.05) is 17.2 Å². The van der Waals surface area contributed by atoms with Crippen molar-refractivity contribution in [2.24, 2.45) is 5.92 Å². The molecule has 1 atom stereocenters. The van der Waals surface area contributed by atoms with E-state index in [0.717, 1.165) is 25.3 Å². The Morgan fingerprint density at radius 1 is 1.45 bits per heavy atom. The summed E-state index contributed by atoms with van der Waals surface area (Å²) in [5.41, 5.74) is 0.0425. The second kappa shape index (κ2) is 6.54. The summed E-state index contributed by atoms with van der Waals surface area (Å²) in [6.07, 6.45) is 4.58. The Hall–Kier alpha value is -1.85. The molecule has 0 aliphatic heterocycles. The first-order valence-electron chi connectivity index (χ1n) is 7.29. The van der Waals surface area contributed by atoms with Gasteiger partial charge in [-0.1, -0.05) is 19.8 Å². The molecule has 1 aromatic heterocycles. The van der Waals surface area contributed by atoms with Crippen LogP contribution >= 0.6 is 0 Å². The summed E-state index contributed by atoms with van der Waals surface area (Å²) in [5.74, 6) is 1.83. The molecule has 1 heterocycles. The van der Waals surface area contributed by atoms with Crippen molar-refractivity contribution in [2.45, 2.75) is 45.6 Å². The number of nitro groups is 1. The quantitative estimate of drug-likeness (QED) is 0.562. The molecule has 1 aliphatic rings. The molecule has 1 fully saturated rings. The van der Waals surface area contributed by atoms with Crippen LogP contribution in [-0.4, -0.2) is 22.5 Å². The minimum Gasteiger partial charge on any atom is -0.370 e. The van der Waals surface area contributed by atoms with Crippen molar-refractivity contribution < 1.29 is 4.92 Å². The zero-order chi connectivity index (χ0) is 14.5. The van der Waals surface area contributed by atoms with Crippen molar-refractivity contribution in [1.29, 1.82) is 0 Å². The minimum absolute atomic E-state index is 0.0425. The molecule has 0 bridgehead atoms. The Bertz CT molecular complexity index is 474. The lowest BCUT2D eigenvalue weighted by Crippen LogP contribution is -2.21. The minimum atomic E-state index is -0.380. The van der Waals surface area contributed by atoms with Gasteiger partial charge in [0.25, 0.3) is 0 Å². The first kappa shape index (κ1) is 14.6. The highest BCUT2D eigenvalue weighted by molar-refractivity contribution is 5.60. The molecule has 0 radical (unpaired) electrons. The summed E-state index contributed by atoms with van der Waals surface area (Å²) in [7, 11) is 0. The molecule has 0 saturated heterocycles. The predicted molar refractivity (Wildman–Crippen MR) is 80.1 cm³/mol. The van der Waals surface area contributed by atoms with Crippen LogP contribution in [-0.2, 0) is 0 Å². The van der Waals surface area contributed by atoms with E-state index in [1.165, 1.54) is 18.9 Å². The van der Waals surface area contributed by atoms with Gasteiger partial charge in [-0.15, -0.1) is 0 Å². The summed E-state index contributed by atoms with van der Waals surface area (Å²) >= 11 is 0. The Labute approximate surface area is 119 Å².